The van der Waals surface area contributed by atoms with Crippen LogP contribution in [0.25, 0.3) is 0 Å². The third kappa shape index (κ3) is 2.97. The molecule has 0 radical (unpaired) electrons. The fraction of sp³-hybridized carbons (Fsp3) is 0.500. The fourth-order valence-electron chi connectivity index (χ4n) is 2.01. The van der Waals surface area contributed by atoms with Gasteiger partial charge in [0.05, 0.1) is 8.81 Å². The zero-order valence-electron chi connectivity index (χ0n) is 9.67. The van der Waals surface area contributed by atoms with E-state index in [2.05, 4.69) is 15.9 Å². The van der Waals surface area contributed by atoms with E-state index in [4.69, 9.17) is 16.7 Å². The normalized spacial score (nSPS) is 21.5. The number of carbonyl (C=O) groups is 1. The summed E-state index contributed by atoms with van der Waals surface area (Å²) < 4.78 is 26.6. The van der Waals surface area contributed by atoms with E-state index in [9.17, 15) is 13.2 Å². The molecule has 0 aromatic carbocycles. The predicted molar refractivity (Wildman–Crippen MR) is 76.2 cm³/mol. The minimum atomic E-state index is -3.80. The van der Waals surface area contributed by atoms with Crippen LogP contribution in [0.3, 0.4) is 0 Å². The van der Waals surface area contributed by atoms with E-state index in [1.54, 1.807) is 0 Å². The van der Waals surface area contributed by atoms with E-state index in [1.807, 2.05) is 0 Å². The first-order chi connectivity index (χ1) is 8.84. The van der Waals surface area contributed by atoms with Gasteiger partial charge in [-0.05, 0) is 41.3 Å². The van der Waals surface area contributed by atoms with E-state index in [1.165, 1.54) is 6.07 Å². The van der Waals surface area contributed by atoms with Crippen molar-refractivity contribution in [1.29, 1.82) is 0 Å². The van der Waals surface area contributed by atoms with Crippen molar-refractivity contribution in [3.05, 3.63) is 14.9 Å². The largest absolute Gasteiger partial charge is 0.480 e. The number of sulfonamides is 1. The molecule has 1 atom stereocenters. The van der Waals surface area contributed by atoms with Crippen LogP contribution in [-0.2, 0) is 14.8 Å². The Kier molecular flexibility index (Phi) is 4.56. The molecule has 1 N–H and O–H groups in total. The van der Waals surface area contributed by atoms with Crippen LogP contribution in [0.4, 0.5) is 0 Å². The molecule has 1 aromatic rings. The van der Waals surface area contributed by atoms with Gasteiger partial charge >= 0.3 is 5.97 Å². The van der Waals surface area contributed by atoms with Crippen LogP contribution in [0.2, 0.25) is 5.02 Å². The topological polar surface area (TPSA) is 74.7 Å². The van der Waals surface area contributed by atoms with Crippen LogP contribution < -0.4 is 0 Å². The summed E-state index contributed by atoms with van der Waals surface area (Å²) in [6.07, 6.45) is 1.73. The maximum Gasteiger partial charge on any atom is 0.322 e. The summed E-state index contributed by atoms with van der Waals surface area (Å²) in [6.45, 7) is 0.229. The first-order valence-corrected chi connectivity index (χ1v) is 8.96. The van der Waals surface area contributed by atoms with Crippen LogP contribution in [-0.4, -0.2) is 36.4 Å². The Balaban J connectivity index is 2.39. The maximum atomic E-state index is 12.5. The van der Waals surface area contributed by atoms with Crippen molar-refractivity contribution < 1.29 is 18.3 Å². The number of halogens is 2. The molecule has 0 amide bonds. The monoisotopic (exact) mass is 387 g/mol. The van der Waals surface area contributed by atoms with Gasteiger partial charge in [-0.25, -0.2) is 8.42 Å². The van der Waals surface area contributed by atoms with Crippen LogP contribution >= 0.6 is 38.9 Å². The second-order valence-electron chi connectivity index (χ2n) is 4.15. The second-order valence-corrected chi connectivity index (χ2v) is 9.05. The van der Waals surface area contributed by atoms with Gasteiger partial charge in [-0.3, -0.25) is 4.79 Å². The molecular weight excluding hydrogens is 378 g/mol. The zero-order valence-corrected chi connectivity index (χ0v) is 13.6. The van der Waals surface area contributed by atoms with Gasteiger partial charge in [0.25, 0.3) is 10.0 Å². The lowest BCUT2D eigenvalue weighted by atomic mass is 10.1. The van der Waals surface area contributed by atoms with Gasteiger partial charge in [0, 0.05) is 6.54 Å². The van der Waals surface area contributed by atoms with Crippen molar-refractivity contribution in [2.24, 2.45) is 0 Å². The number of thiophene rings is 1. The Morgan fingerprint density at radius 3 is 2.74 bits per heavy atom. The number of hydrogen-bond acceptors (Lipinski definition) is 4. The first kappa shape index (κ1) is 15.2. The number of carboxylic acid groups (broad SMARTS) is 1. The molecule has 5 nitrogen and oxygen atoms in total. The SMILES string of the molecule is O=C(O)[C@H]1CCCCN1S(=O)(=O)c1cc(Cl)c(Br)s1. The number of aliphatic carboxylic acids is 1. The molecule has 1 fully saturated rings. The van der Waals surface area contributed by atoms with Gasteiger partial charge in [0.2, 0.25) is 0 Å². The number of nitrogens with zero attached hydrogens (tertiary/aromatic N) is 1. The van der Waals surface area contributed by atoms with Gasteiger partial charge < -0.3 is 5.11 Å². The Labute approximate surface area is 128 Å². The third-order valence-corrected chi connectivity index (χ3v) is 7.76. The molecule has 1 aliphatic rings. The van der Waals surface area contributed by atoms with Crippen LogP contribution in [0.15, 0.2) is 14.1 Å². The molecule has 2 rings (SSSR count). The summed E-state index contributed by atoms with van der Waals surface area (Å²) in [7, 11) is -3.80. The first-order valence-electron chi connectivity index (χ1n) is 5.53. The fourth-order valence-corrected chi connectivity index (χ4v) is 6.19. The molecule has 0 bridgehead atoms. The Morgan fingerprint density at radius 1 is 1.53 bits per heavy atom. The van der Waals surface area contributed by atoms with E-state index in [-0.39, 0.29) is 10.8 Å². The molecule has 0 aliphatic carbocycles. The lowest BCUT2D eigenvalue weighted by Gasteiger charge is -2.31. The van der Waals surface area contributed by atoms with Crippen molar-refractivity contribution in [3.63, 3.8) is 0 Å². The summed E-state index contributed by atoms with van der Waals surface area (Å²) in [6, 6.07) is 0.359. The molecule has 106 valence electrons. The molecular formula is C10H11BrClNO4S2. The highest BCUT2D eigenvalue weighted by molar-refractivity contribution is 9.11. The van der Waals surface area contributed by atoms with E-state index in [0.29, 0.717) is 21.7 Å². The number of carboxylic acids is 1. The van der Waals surface area contributed by atoms with Gasteiger partial charge in [-0.1, -0.05) is 11.6 Å². The quantitative estimate of drug-likeness (QED) is 0.864. The number of piperidine rings is 1. The van der Waals surface area contributed by atoms with Crippen molar-refractivity contribution in [2.75, 3.05) is 6.54 Å². The minimum absolute atomic E-state index is 0.0672. The highest BCUT2D eigenvalue weighted by atomic mass is 79.9. The van der Waals surface area contributed by atoms with Crippen molar-refractivity contribution in [2.45, 2.75) is 29.5 Å². The Hall–Kier alpha value is -0.150. The lowest BCUT2D eigenvalue weighted by molar-refractivity contribution is -0.142. The van der Waals surface area contributed by atoms with E-state index >= 15 is 0 Å². The molecule has 9 heteroatoms. The zero-order chi connectivity index (χ0) is 14.2. The summed E-state index contributed by atoms with van der Waals surface area (Å²) in [5, 5.41) is 9.45. The van der Waals surface area contributed by atoms with Crippen molar-refractivity contribution in [3.8, 4) is 0 Å². The van der Waals surface area contributed by atoms with Gasteiger partial charge in [0.1, 0.15) is 10.3 Å². The standard InChI is InChI=1S/C10H11BrClNO4S2/c11-9-6(12)5-8(18-9)19(16,17)13-4-2-1-3-7(13)10(14)15/h5,7H,1-4H2,(H,14,15)/t7-/m1/s1. The van der Waals surface area contributed by atoms with E-state index in [0.717, 1.165) is 22.1 Å². The Bertz CT molecular complexity index is 581. The molecule has 2 heterocycles. The summed E-state index contributed by atoms with van der Waals surface area (Å²) in [5.41, 5.74) is 0. The smallest absolute Gasteiger partial charge is 0.322 e. The molecule has 0 unspecified atom stereocenters. The van der Waals surface area contributed by atoms with E-state index < -0.39 is 22.0 Å². The molecule has 1 aromatic heterocycles. The highest BCUT2D eigenvalue weighted by Gasteiger charge is 2.38. The third-order valence-electron chi connectivity index (χ3n) is 2.92. The average Bonchev–Trinajstić information content (AvgIpc) is 2.70. The molecule has 1 aliphatic heterocycles. The number of rotatable bonds is 3. The average molecular weight is 389 g/mol. The van der Waals surface area contributed by atoms with Gasteiger partial charge in [-0.15, -0.1) is 11.3 Å². The summed E-state index contributed by atoms with van der Waals surface area (Å²) >= 11 is 9.99. The number of hydrogen-bond donors (Lipinski definition) is 1. The molecule has 19 heavy (non-hydrogen) atoms. The molecule has 0 saturated carbocycles. The lowest BCUT2D eigenvalue weighted by Crippen LogP contribution is -2.47. The second kappa shape index (κ2) is 5.69. The minimum Gasteiger partial charge on any atom is -0.480 e. The predicted octanol–water partition coefficient (Wildman–Crippen LogP) is 2.79. The van der Waals surface area contributed by atoms with Crippen molar-refractivity contribution in [1.82, 2.24) is 4.31 Å². The van der Waals surface area contributed by atoms with Crippen LogP contribution in [0.1, 0.15) is 19.3 Å². The van der Waals surface area contributed by atoms with Crippen molar-refractivity contribution >= 4 is 54.9 Å². The summed E-state index contributed by atoms with van der Waals surface area (Å²) in [5.74, 6) is -1.11. The summed E-state index contributed by atoms with van der Waals surface area (Å²) in [4.78, 5) is 11.2. The highest BCUT2D eigenvalue weighted by Crippen LogP contribution is 2.37. The van der Waals surface area contributed by atoms with Crippen LogP contribution in [0.5, 0.6) is 0 Å². The van der Waals surface area contributed by atoms with Gasteiger partial charge in [-0.2, -0.15) is 4.31 Å². The van der Waals surface area contributed by atoms with Gasteiger partial charge in [0.15, 0.2) is 0 Å². The molecule has 1 saturated heterocycles. The molecule has 0 spiro atoms. The maximum absolute atomic E-state index is 12.5. The van der Waals surface area contributed by atoms with Crippen LogP contribution in [0, 0.1) is 0 Å². The Morgan fingerprint density at radius 2 is 2.21 bits per heavy atom.